The predicted molar refractivity (Wildman–Crippen MR) is 109 cm³/mol. The number of nitrogens with zero attached hydrogens (tertiary/aromatic N) is 2. The average molecular weight is 378 g/mol. The molecule has 0 amide bonds. The van der Waals surface area contributed by atoms with Gasteiger partial charge in [-0.05, 0) is 56.3 Å². The molecule has 3 aromatic rings. The Morgan fingerprint density at radius 1 is 0.929 bits per heavy atom. The number of ether oxygens (including phenoxy) is 2. The van der Waals surface area contributed by atoms with Crippen LogP contribution in [0, 0.1) is 0 Å². The fraction of sp³-hybridized carbons (Fsp3) is 0.190. The van der Waals surface area contributed by atoms with Crippen LogP contribution in [0.1, 0.15) is 24.2 Å². The Kier molecular flexibility index (Phi) is 6.06. The summed E-state index contributed by atoms with van der Waals surface area (Å²) in [5, 5.41) is 6.39. The van der Waals surface area contributed by atoms with Gasteiger partial charge in [-0.3, -0.25) is 0 Å². The van der Waals surface area contributed by atoms with Gasteiger partial charge in [-0.2, -0.15) is 0 Å². The Balaban J connectivity index is 1.70. The molecule has 2 N–H and O–H groups in total. The van der Waals surface area contributed by atoms with Crippen LogP contribution in [0.3, 0.4) is 0 Å². The SMILES string of the molecule is COC(=O)c1cccc(Nc2cc(Nc3ccc(OC(C)C)cc3)ncn2)c1. The van der Waals surface area contributed by atoms with E-state index in [1.807, 2.05) is 44.2 Å². The van der Waals surface area contributed by atoms with Gasteiger partial charge >= 0.3 is 5.97 Å². The van der Waals surface area contributed by atoms with E-state index in [0.29, 0.717) is 17.2 Å². The minimum Gasteiger partial charge on any atom is -0.491 e. The van der Waals surface area contributed by atoms with Crippen molar-refractivity contribution in [3.8, 4) is 5.75 Å². The van der Waals surface area contributed by atoms with Gasteiger partial charge < -0.3 is 20.1 Å². The minimum atomic E-state index is -0.390. The summed E-state index contributed by atoms with van der Waals surface area (Å²) >= 11 is 0. The fourth-order valence-corrected chi connectivity index (χ4v) is 2.52. The summed E-state index contributed by atoms with van der Waals surface area (Å²) < 4.78 is 10.4. The quantitative estimate of drug-likeness (QED) is 0.584. The maximum Gasteiger partial charge on any atom is 0.337 e. The summed E-state index contributed by atoms with van der Waals surface area (Å²) in [5.74, 6) is 1.66. The molecule has 0 aliphatic carbocycles. The summed E-state index contributed by atoms with van der Waals surface area (Å²) in [6.07, 6.45) is 1.59. The third kappa shape index (κ3) is 5.20. The number of rotatable bonds is 7. The van der Waals surface area contributed by atoms with E-state index in [2.05, 4.69) is 20.6 Å². The van der Waals surface area contributed by atoms with Crippen LogP contribution in [0.4, 0.5) is 23.0 Å². The van der Waals surface area contributed by atoms with Crippen molar-refractivity contribution in [1.82, 2.24) is 9.97 Å². The van der Waals surface area contributed by atoms with Crippen molar-refractivity contribution < 1.29 is 14.3 Å². The van der Waals surface area contributed by atoms with Gasteiger partial charge in [-0.15, -0.1) is 0 Å². The van der Waals surface area contributed by atoms with Crippen molar-refractivity contribution in [2.24, 2.45) is 0 Å². The van der Waals surface area contributed by atoms with Gasteiger partial charge in [0, 0.05) is 17.4 Å². The number of carbonyl (C=O) groups excluding carboxylic acids is 1. The summed E-state index contributed by atoms with van der Waals surface area (Å²) in [4.78, 5) is 20.1. The van der Waals surface area contributed by atoms with Gasteiger partial charge in [0.2, 0.25) is 0 Å². The zero-order chi connectivity index (χ0) is 19.9. The monoisotopic (exact) mass is 378 g/mol. The number of carbonyl (C=O) groups is 1. The van der Waals surface area contributed by atoms with Crippen molar-refractivity contribution in [2.75, 3.05) is 17.7 Å². The molecule has 1 aromatic heterocycles. The van der Waals surface area contributed by atoms with Gasteiger partial charge in [0.05, 0.1) is 18.8 Å². The van der Waals surface area contributed by atoms with Crippen molar-refractivity contribution in [1.29, 1.82) is 0 Å². The van der Waals surface area contributed by atoms with E-state index in [1.165, 1.54) is 13.4 Å². The molecule has 28 heavy (non-hydrogen) atoms. The van der Waals surface area contributed by atoms with E-state index >= 15 is 0 Å². The molecule has 0 saturated heterocycles. The van der Waals surface area contributed by atoms with Crippen LogP contribution >= 0.6 is 0 Å². The van der Waals surface area contributed by atoms with Crippen LogP contribution in [0.5, 0.6) is 5.75 Å². The van der Waals surface area contributed by atoms with Crippen molar-refractivity contribution in [3.05, 3.63) is 66.5 Å². The van der Waals surface area contributed by atoms with Gasteiger partial charge in [-0.25, -0.2) is 14.8 Å². The largest absolute Gasteiger partial charge is 0.491 e. The Bertz CT molecular complexity index is 942. The van der Waals surface area contributed by atoms with E-state index in [1.54, 1.807) is 24.3 Å². The second kappa shape index (κ2) is 8.85. The third-order valence-corrected chi connectivity index (χ3v) is 3.72. The lowest BCUT2D eigenvalue weighted by Crippen LogP contribution is -2.05. The molecule has 0 bridgehead atoms. The van der Waals surface area contributed by atoms with Gasteiger partial charge in [0.15, 0.2) is 0 Å². The molecule has 0 spiro atoms. The molecule has 1 heterocycles. The Labute approximate surface area is 163 Å². The number of anilines is 4. The van der Waals surface area contributed by atoms with E-state index in [0.717, 1.165) is 17.1 Å². The smallest absolute Gasteiger partial charge is 0.337 e. The first-order valence-corrected chi connectivity index (χ1v) is 8.84. The summed E-state index contributed by atoms with van der Waals surface area (Å²) in [6.45, 7) is 3.98. The van der Waals surface area contributed by atoms with Crippen LogP contribution in [0.2, 0.25) is 0 Å². The minimum absolute atomic E-state index is 0.131. The fourth-order valence-electron chi connectivity index (χ4n) is 2.52. The molecule has 0 atom stereocenters. The number of methoxy groups -OCH3 is 1. The maximum atomic E-state index is 11.7. The van der Waals surface area contributed by atoms with Gasteiger partial charge in [0.25, 0.3) is 0 Å². The lowest BCUT2D eigenvalue weighted by Gasteiger charge is -2.11. The summed E-state index contributed by atoms with van der Waals surface area (Å²) in [6, 6.07) is 16.4. The Hall–Kier alpha value is -3.61. The number of hydrogen-bond acceptors (Lipinski definition) is 7. The second-order valence-electron chi connectivity index (χ2n) is 6.30. The van der Waals surface area contributed by atoms with E-state index < -0.39 is 5.97 Å². The molecule has 144 valence electrons. The van der Waals surface area contributed by atoms with Crippen LogP contribution in [-0.4, -0.2) is 29.2 Å². The molecule has 0 aliphatic rings. The molecule has 0 aliphatic heterocycles. The molecular formula is C21H22N4O3. The zero-order valence-electron chi connectivity index (χ0n) is 16.0. The van der Waals surface area contributed by atoms with E-state index in [-0.39, 0.29) is 6.10 Å². The van der Waals surface area contributed by atoms with Crippen molar-refractivity contribution >= 4 is 29.0 Å². The highest BCUT2D eigenvalue weighted by Crippen LogP contribution is 2.22. The first-order chi connectivity index (χ1) is 13.5. The van der Waals surface area contributed by atoms with Crippen LogP contribution in [0.25, 0.3) is 0 Å². The standard InChI is InChI=1S/C21H22N4O3/c1-14(2)28-18-9-7-16(8-10-18)24-19-12-20(23-13-22-19)25-17-6-4-5-15(11-17)21(26)27-3/h4-14H,1-3H3,(H2,22,23,24,25). The number of esters is 1. The Morgan fingerprint density at radius 3 is 2.25 bits per heavy atom. The summed E-state index contributed by atoms with van der Waals surface area (Å²) in [5.41, 5.74) is 2.07. The molecule has 0 saturated carbocycles. The highest BCUT2D eigenvalue weighted by molar-refractivity contribution is 5.90. The third-order valence-electron chi connectivity index (χ3n) is 3.72. The molecule has 7 heteroatoms. The lowest BCUT2D eigenvalue weighted by molar-refractivity contribution is 0.0601. The van der Waals surface area contributed by atoms with Crippen molar-refractivity contribution in [2.45, 2.75) is 20.0 Å². The highest BCUT2D eigenvalue weighted by atomic mass is 16.5. The molecule has 0 radical (unpaired) electrons. The van der Waals surface area contributed by atoms with Gasteiger partial charge in [-0.1, -0.05) is 6.07 Å². The summed E-state index contributed by atoms with van der Waals surface area (Å²) in [7, 11) is 1.35. The molecule has 3 rings (SSSR count). The zero-order valence-corrected chi connectivity index (χ0v) is 16.0. The first-order valence-electron chi connectivity index (χ1n) is 8.84. The van der Waals surface area contributed by atoms with Crippen LogP contribution < -0.4 is 15.4 Å². The maximum absolute atomic E-state index is 11.7. The van der Waals surface area contributed by atoms with Crippen molar-refractivity contribution in [3.63, 3.8) is 0 Å². The second-order valence-corrected chi connectivity index (χ2v) is 6.30. The molecular weight excluding hydrogens is 356 g/mol. The number of hydrogen-bond donors (Lipinski definition) is 2. The van der Waals surface area contributed by atoms with Crippen LogP contribution in [-0.2, 0) is 4.74 Å². The predicted octanol–water partition coefficient (Wildman–Crippen LogP) is 4.54. The average Bonchev–Trinajstić information content (AvgIpc) is 2.69. The number of benzene rings is 2. The Morgan fingerprint density at radius 2 is 1.61 bits per heavy atom. The molecule has 2 aromatic carbocycles. The molecule has 0 unspecified atom stereocenters. The highest BCUT2D eigenvalue weighted by Gasteiger charge is 2.07. The first kappa shape index (κ1) is 19.2. The lowest BCUT2D eigenvalue weighted by atomic mass is 10.2. The van der Waals surface area contributed by atoms with E-state index in [9.17, 15) is 4.79 Å². The molecule has 7 nitrogen and oxygen atoms in total. The van der Waals surface area contributed by atoms with Crippen LogP contribution in [0.15, 0.2) is 60.9 Å². The number of nitrogens with one attached hydrogen (secondary N) is 2. The normalized spacial score (nSPS) is 10.4. The van der Waals surface area contributed by atoms with Gasteiger partial charge in [0.1, 0.15) is 23.7 Å². The number of aromatic nitrogens is 2. The molecule has 0 fully saturated rings. The topological polar surface area (TPSA) is 85.4 Å². The van der Waals surface area contributed by atoms with E-state index in [4.69, 9.17) is 9.47 Å².